The molecule has 1 aromatic heterocycles. The molecule has 0 atom stereocenters. The number of rotatable bonds is 3. The predicted octanol–water partition coefficient (Wildman–Crippen LogP) is 1.96. The smallest absolute Gasteiger partial charge is 0.274 e. The molecule has 1 amide bonds. The summed E-state index contributed by atoms with van der Waals surface area (Å²) in [5.41, 5.74) is 5.38. The summed E-state index contributed by atoms with van der Waals surface area (Å²) in [7, 11) is 0. The minimum atomic E-state index is -0.824. The fourth-order valence-electron chi connectivity index (χ4n) is 1.52. The molecule has 0 unspecified atom stereocenters. The number of nitro groups is 1. The molecule has 1 heterocycles. The number of carbonyl (C=O) groups is 1. The number of nitrogens with one attached hydrogen (secondary N) is 1. The molecule has 2 aromatic rings. The molecule has 102 valence electrons. The highest BCUT2D eigenvalue weighted by Gasteiger charge is 2.13. The summed E-state index contributed by atoms with van der Waals surface area (Å²) in [6.07, 6.45) is 1.35. The lowest BCUT2D eigenvalue weighted by atomic mass is 10.2. The van der Waals surface area contributed by atoms with Gasteiger partial charge in [-0.1, -0.05) is 0 Å². The molecular formula is C12H9FN4O3. The molecule has 0 aliphatic carbocycles. The Hall–Kier alpha value is -3.03. The van der Waals surface area contributed by atoms with Crippen molar-refractivity contribution in [3.63, 3.8) is 0 Å². The first-order chi connectivity index (χ1) is 9.45. The van der Waals surface area contributed by atoms with Gasteiger partial charge >= 0.3 is 0 Å². The van der Waals surface area contributed by atoms with Crippen LogP contribution in [0.5, 0.6) is 0 Å². The minimum absolute atomic E-state index is 0.0249. The van der Waals surface area contributed by atoms with Gasteiger partial charge < -0.3 is 11.1 Å². The van der Waals surface area contributed by atoms with Gasteiger partial charge in [-0.15, -0.1) is 0 Å². The number of non-ortho nitro benzene ring substituents is 1. The first-order valence-corrected chi connectivity index (χ1v) is 5.43. The maximum atomic E-state index is 13.2. The molecular weight excluding hydrogens is 267 g/mol. The molecule has 0 fully saturated rings. The third-order valence-corrected chi connectivity index (χ3v) is 2.37. The molecule has 0 spiro atoms. The Kier molecular flexibility index (Phi) is 3.56. The highest BCUT2D eigenvalue weighted by atomic mass is 19.1. The van der Waals surface area contributed by atoms with Gasteiger partial charge in [0, 0.05) is 18.0 Å². The van der Waals surface area contributed by atoms with Crippen molar-refractivity contribution < 1.29 is 14.1 Å². The standard InChI is InChI=1S/C12H9FN4O3/c13-7-3-9(6-10(4-7)17(19)20)16-12(18)11-5-8(14)1-2-15-11/h1-6H,(H2,14,15)(H,16,18). The number of nitrogens with zero attached hydrogens (tertiary/aromatic N) is 2. The monoisotopic (exact) mass is 276 g/mol. The zero-order valence-corrected chi connectivity index (χ0v) is 10.0. The van der Waals surface area contributed by atoms with Crippen molar-refractivity contribution >= 4 is 23.0 Å². The van der Waals surface area contributed by atoms with Crippen LogP contribution in [0.1, 0.15) is 10.5 Å². The molecule has 0 radical (unpaired) electrons. The summed E-state index contributed by atoms with van der Waals surface area (Å²) in [5.74, 6) is -1.47. The van der Waals surface area contributed by atoms with Crippen LogP contribution in [0.2, 0.25) is 0 Å². The number of nitro benzene ring substituents is 1. The van der Waals surface area contributed by atoms with Crippen LogP contribution in [0, 0.1) is 15.9 Å². The van der Waals surface area contributed by atoms with Crippen LogP contribution < -0.4 is 11.1 Å². The zero-order chi connectivity index (χ0) is 14.7. The Bertz CT molecular complexity index is 690. The molecule has 0 saturated carbocycles. The van der Waals surface area contributed by atoms with E-state index in [9.17, 15) is 19.3 Å². The first kappa shape index (κ1) is 13.4. The largest absolute Gasteiger partial charge is 0.399 e. The zero-order valence-electron chi connectivity index (χ0n) is 10.0. The lowest BCUT2D eigenvalue weighted by molar-refractivity contribution is -0.385. The summed E-state index contributed by atoms with van der Waals surface area (Å²) in [6, 6.07) is 5.62. The Labute approximate surface area is 112 Å². The number of nitrogens with two attached hydrogens (primary N) is 1. The Morgan fingerprint density at radius 3 is 2.75 bits per heavy atom. The fourth-order valence-corrected chi connectivity index (χ4v) is 1.52. The summed E-state index contributed by atoms with van der Waals surface area (Å²) in [6.45, 7) is 0. The van der Waals surface area contributed by atoms with E-state index in [1.807, 2.05) is 0 Å². The highest BCUT2D eigenvalue weighted by Crippen LogP contribution is 2.20. The number of halogens is 1. The van der Waals surface area contributed by atoms with Crippen molar-refractivity contribution in [2.45, 2.75) is 0 Å². The molecule has 0 saturated heterocycles. The van der Waals surface area contributed by atoms with E-state index < -0.39 is 22.3 Å². The Morgan fingerprint density at radius 1 is 1.35 bits per heavy atom. The van der Waals surface area contributed by atoms with Gasteiger partial charge in [0.1, 0.15) is 11.5 Å². The van der Waals surface area contributed by atoms with Crippen LogP contribution >= 0.6 is 0 Å². The van der Waals surface area contributed by atoms with Crippen LogP contribution in [0.3, 0.4) is 0 Å². The van der Waals surface area contributed by atoms with E-state index >= 15 is 0 Å². The average molecular weight is 276 g/mol. The maximum absolute atomic E-state index is 13.2. The molecule has 0 aliphatic heterocycles. The van der Waals surface area contributed by atoms with Crippen molar-refractivity contribution in [2.75, 3.05) is 11.1 Å². The normalized spacial score (nSPS) is 10.1. The van der Waals surface area contributed by atoms with Gasteiger partial charge in [0.15, 0.2) is 0 Å². The van der Waals surface area contributed by atoms with Crippen molar-refractivity contribution in [1.82, 2.24) is 4.98 Å². The molecule has 2 rings (SSSR count). The van der Waals surface area contributed by atoms with E-state index in [2.05, 4.69) is 10.3 Å². The number of aromatic nitrogens is 1. The summed E-state index contributed by atoms with van der Waals surface area (Å²) in [5, 5.41) is 12.9. The maximum Gasteiger partial charge on any atom is 0.274 e. The van der Waals surface area contributed by atoms with Crippen LogP contribution in [0.25, 0.3) is 0 Å². The van der Waals surface area contributed by atoms with Gasteiger partial charge in [-0.3, -0.25) is 19.9 Å². The van der Waals surface area contributed by atoms with Gasteiger partial charge in [-0.2, -0.15) is 0 Å². The second kappa shape index (κ2) is 5.31. The second-order valence-corrected chi connectivity index (χ2v) is 3.88. The van der Waals surface area contributed by atoms with Crippen LogP contribution in [-0.2, 0) is 0 Å². The molecule has 20 heavy (non-hydrogen) atoms. The van der Waals surface area contributed by atoms with Crippen molar-refractivity contribution in [2.24, 2.45) is 0 Å². The predicted molar refractivity (Wildman–Crippen MR) is 69.7 cm³/mol. The quantitative estimate of drug-likeness (QED) is 0.657. The van der Waals surface area contributed by atoms with Gasteiger partial charge in [-0.25, -0.2) is 4.39 Å². The van der Waals surface area contributed by atoms with E-state index in [1.54, 1.807) is 0 Å². The number of benzene rings is 1. The van der Waals surface area contributed by atoms with Gasteiger partial charge in [-0.05, 0) is 18.2 Å². The molecule has 7 nitrogen and oxygen atoms in total. The number of hydrogen-bond acceptors (Lipinski definition) is 5. The molecule has 1 aromatic carbocycles. The van der Waals surface area contributed by atoms with Crippen LogP contribution in [-0.4, -0.2) is 15.8 Å². The Morgan fingerprint density at radius 2 is 2.10 bits per heavy atom. The number of hydrogen-bond donors (Lipinski definition) is 2. The topological polar surface area (TPSA) is 111 Å². The first-order valence-electron chi connectivity index (χ1n) is 5.43. The highest BCUT2D eigenvalue weighted by molar-refractivity contribution is 6.03. The Balaban J connectivity index is 2.26. The number of pyridine rings is 1. The number of amides is 1. The van der Waals surface area contributed by atoms with E-state index in [0.717, 1.165) is 18.2 Å². The van der Waals surface area contributed by atoms with Crippen LogP contribution in [0.4, 0.5) is 21.5 Å². The lowest BCUT2D eigenvalue weighted by Crippen LogP contribution is -2.14. The summed E-state index contributed by atoms with van der Waals surface area (Å²) in [4.78, 5) is 25.5. The molecule has 0 aliphatic rings. The number of carbonyl (C=O) groups excluding carboxylic acids is 1. The third kappa shape index (κ3) is 3.05. The number of nitrogen functional groups attached to an aromatic ring is 1. The van der Waals surface area contributed by atoms with Gasteiger partial charge in [0.2, 0.25) is 0 Å². The minimum Gasteiger partial charge on any atom is -0.399 e. The lowest BCUT2D eigenvalue weighted by Gasteiger charge is -2.05. The fraction of sp³-hybridized carbons (Fsp3) is 0. The summed E-state index contributed by atoms with van der Waals surface area (Å²) >= 11 is 0. The number of anilines is 2. The third-order valence-electron chi connectivity index (χ3n) is 2.37. The van der Waals surface area contributed by atoms with E-state index in [-0.39, 0.29) is 11.4 Å². The van der Waals surface area contributed by atoms with Crippen LogP contribution in [0.15, 0.2) is 36.5 Å². The van der Waals surface area contributed by atoms with Gasteiger partial charge in [0.05, 0.1) is 16.7 Å². The van der Waals surface area contributed by atoms with E-state index in [0.29, 0.717) is 5.69 Å². The van der Waals surface area contributed by atoms with E-state index in [4.69, 9.17) is 5.73 Å². The van der Waals surface area contributed by atoms with Gasteiger partial charge in [0.25, 0.3) is 11.6 Å². The van der Waals surface area contributed by atoms with Crippen molar-refractivity contribution in [1.29, 1.82) is 0 Å². The average Bonchev–Trinajstić information content (AvgIpc) is 2.37. The molecule has 8 heteroatoms. The SMILES string of the molecule is Nc1ccnc(C(=O)Nc2cc(F)cc([N+](=O)[O-])c2)c1. The van der Waals surface area contributed by atoms with Crippen molar-refractivity contribution in [3.05, 3.63) is 58.2 Å². The molecule has 0 bridgehead atoms. The van der Waals surface area contributed by atoms with E-state index in [1.165, 1.54) is 18.3 Å². The second-order valence-electron chi connectivity index (χ2n) is 3.88. The summed E-state index contributed by atoms with van der Waals surface area (Å²) < 4.78 is 13.2. The van der Waals surface area contributed by atoms with Crippen molar-refractivity contribution in [3.8, 4) is 0 Å². The molecule has 3 N–H and O–H groups in total.